The summed E-state index contributed by atoms with van der Waals surface area (Å²) < 4.78 is 16.1. The Balaban J connectivity index is 1.28. The molecule has 0 unspecified atom stereocenters. The third-order valence-corrected chi connectivity index (χ3v) is 6.92. The second-order valence-corrected chi connectivity index (χ2v) is 10.0. The number of ether oxygens (including phenoxy) is 2. The normalized spacial score (nSPS) is 16.4. The fourth-order valence-corrected chi connectivity index (χ4v) is 4.69. The van der Waals surface area contributed by atoms with Crippen molar-refractivity contribution in [2.24, 2.45) is 11.0 Å². The summed E-state index contributed by atoms with van der Waals surface area (Å²) >= 11 is 0. The molecule has 10 heteroatoms. The van der Waals surface area contributed by atoms with Gasteiger partial charge in [-0.3, -0.25) is 19.3 Å². The van der Waals surface area contributed by atoms with Crippen molar-refractivity contribution in [1.29, 1.82) is 0 Å². The van der Waals surface area contributed by atoms with Gasteiger partial charge >= 0.3 is 5.97 Å². The molecule has 0 saturated carbocycles. The van der Waals surface area contributed by atoms with Crippen LogP contribution in [-0.4, -0.2) is 59.6 Å². The zero-order chi connectivity index (χ0) is 28.4. The standard InChI is InChI=1S/C30H29N3O7/c1-18(2)12-13-32-28(35)22-11-8-20(15-23(22)29(32)36)30(37)40-17-27(34)33-25(26-5-4-14-39-26)16-24(31-33)19-6-9-21(38-3)10-7-19/h4-11,14-15,18,25H,12-13,16-17H2,1-3H3/t25-/m1/s1. The number of hydrogen-bond donors (Lipinski definition) is 0. The number of hydrogen-bond acceptors (Lipinski definition) is 8. The summed E-state index contributed by atoms with van der Waals surface area (Å²) in [7, 11) is 1.58. The third-order valence-electron chi connectivity index (χ3n) is 6.92. The van der Waals surface area contributed by atoms with Crippen LogP contribution in [0.5, 0.6) is 5.75 Å². The highest BCUT2D eigenvalue weighted by Gasteiger charge is 2.37. The Morgan fingerprint density at radius 3 is 2.48 bits per heavy atom. The second-order valence-electron chi connectivity index (χ2n) is 10.0. The largest absolute Gasteiger partial charge is 0.497 e. The first kappa shape index (κ1) is 26.9. The molecular weight excluding hydrogens is 514 g/mol. The molecule has 0 aliphatic carbocycles. The van der Waals surface area contributed by atoms with Gasteiger partial charge in [0.2, 0.25) is 0 Å². The molecular formula is C30H29N3O7. The summed E-state index contributed by atoms with van der Waals surface area (Å²) in [5, 5.41) is 5.79. The Bertz CT molecular complexity index is 1480. The minimum Gasteiger partial charge on any atom is -0.497 e. The number of nitrogens with zero attached hydrogens (tertiary/aromatic N) is 3. The van der Waals surface area contributed by atoms with E-state index >= 15 is 0 Å². The van der Waals surface area contributed by atoms with Crippen molar-refractivity contribution in [3.05, 3.63) is 88.9 Å². The minimum absolute atomic E-state index is 0.0739. The van der Waals surface area contributed by atoms with Crippen LogP contribution in [0.25, 0.3) is 0 Å². The van der Waals surface area contributed by atoms with Crippen molar-refractivity contribution in [3.8, 4) is 5.75 Å². The van der Waals surface area contributed by atoms with Gasteiger partial charge in [0.05, 0.1) is 35.8 Å². The lowest BCUT2D eigenvalue weighted by Crippen LogP contribution is -2.31. The molecule has 2 aliphatic rings. The van der Waals surface area contributed by atoms with E-state index in [1.165, 1.54) is 34.4 Å². The molecule has 40 heavy (non-hydrogen) atoms. The quantitative estimate of drug-likeness (QED) is 0.289. The fourth-order valence-electron chi connectivity index (χ4n) is 4.69. The molecule has 0 saturated heterocycles. The van der Waals surface area contributed by atoms with Gasteiger partial charge in [-0.2, -0.15) is 5.10 Å². The molecule has 3 heterocycles. The molecule has 206 valence electrons. The predicted molar refractivity (Wildman–Crippen MR) is 144 cm³/mol. The lowest BCUT2D eigenvalue weighted by Gasteiger charge is -2.19. The van der Waals surface area contributed by atoms with E-state index in [1.807, 2.05) is 38.1 Å². The molecule has 3 aromatic rings. The second kappa shape index (κ2) is 11.2. The topological polar surface area (TPSA) is 119 Å². The van der Waals surface area contributed by atoms with E-state index in [1.54, 1.807) is 19.2 Å². The van der Waals surface area contributed by atoms with Crippen molar-refractivity contribution in [2.75, 3.05) is 20.3 Å². The van der Waals surface area contributed by atoms with Crippen molar-refractivity contribution < 1.29 is 33.1 Å². The van der Waals surface area contributed by atoms with Crippen LogP contribution in [0.4, 0.5) is 0 Å². The molecule has 10 nitrogen and oxygen atoms in total. The molecule has 1 atom stereocenters. The Morgan fingerprint density at radius 1 is 1.05 bits per heavy atom. The van der Waals surface area contributed by atoms with E-state index in [-0.39, 0.29) is 22.6 Å². The van der Waals surface area contributed by atoms with Crippen LogP contribution in [0.2, 0.25) is 0 Å². The van der Waals surface area contributed by atoms with Crippen LogP contribution >= 0.6 is 0 Å². The van der Waals surface area contributed by atoms with Crippen LogP contribution in [0, 0.1) is 5.92 Å². The lowest BCUT2D eigenvalue weighted by atomic mass is 10.0. The number of esters is 1. The van der Waals surface area contributed by atoms with Crippen LogP contribution in [-0.2, 0) is 9.53 Å². The number of fused-ring (bicyclic) bond motifs is 1. The van der Waals surface area contributed by atoms with Crippen molar-refractivity contribution >= 4 is 29.4 Å². The van der Waals surface area contributed by atoms with Crippen LogP contribution in [0.3, 0.4) is 0 Å². The predicted octanol–water partition coefficient (Wildman–Crippen LogP) is 4.47. The van der Waals surface area contributed by atoms with Crippen molar-refractivity contribution in [3.63, 3.8) is 0 Å². The molecule has 5 rings (SSSR count). The summed E-state index contributed by atoms with van der Waals surface area (Å²) in [6.45, 7) is 3.76. The number of furan rings is 1. The molecule has 2 aromatic carbocycles. The van der Waals surface area contributed by atoms with E-state index in [9.17, 15) is 19.2 Å². The molecule has 1 aromatic heterocycles. The van der Waals surface area contributed by atoms with Gasteiger partial charge in [0.15, 0.2) is 6.61 Å². The monoisotopic (exact) mass is 543 g/mol. The highest BCUT2D eigenvalue weighted by Crippen LogP contribution is 2.33. The number of carbonyl (C=O) groups excluding carboxylic acids is 4. The molecule has 0 N–H and O–H groups in total. The van der Waals surface area contributed by atoms with Gasteiger partial charge < -0.3 is 13.9 Å². The first-order chi connectivity index (χ1) is 19.3. The lowest BCUT2D eigenvalue weighted by molar-refractivity contribution is -0.136. The SMILES string of the molecule is COc1ccc(C2=NN(C(=O)COC(=O)c3ccc4c(c3)C(=O)N(CCC(C)C)C4=O)[C@@H](c3ccco3)C2)cc1. The van der Waals surface area contributed by atoms with E-state index < -0.39 is 30.4 Å². The molecule has 3 amide bonds. The maximum Gasteiger partial charge on any atom is 0.338 e. The van der Waals surface area contributed by atoms with Gasteiger partial charge in [-0.15, -0.1) is 0 Å². The van der Waals surface area contributed by atoms with E-state index in [0.717, 1.165) is 5.56 Å². The van der Waals surface area contributed by atoms with Gasteiger partial charge in [0, 0.05) is 13.0 Å². The average molecular weight is 544 g/mol. The number of rotatable bonds is 9. The average Bonchev–Trinajstić information content (AvgIpc) is 3.70. The first-order valence-corrected chi connectivity index (χ1v) is 13.0. The summed E-state index contributed by atoms with van der Waals surface area (Å²) in [4.78, 5) is 52.7. The fraction of sp³-hybridized carbons (Fsp3) is 0.300. The smallest absolute Gasteiger partial charge is 0.338 e. The third kappa shape index (κ3) is 5.25. The van der Waals surface area contributed by atoms with Gasteiger partial charge in [-0.05, 0) is 72.5 Å². The number of carbonyl (C=O) groups is 4. The van der Waals surface area contributed by atoms with Crippen molar-refractivity contribution in [2.45, 2.75) is 32.7 Å². The number of amides is 3. The first-order valence-electron chi connectivity index (χ1n) is 13.0. The minimum atomic E-state index is -0.787. The van der Waals surface area contributed by atoms with E-state index in [4.69, 9.17) is 13.9 Å². The maximum atomic E-state index is 13.2. The Kier molecular flexibility index (Phi) is 7.50. The van der Waals surface area contributed by atoms with E-state index in [2.05, 4.69) is 5.10 Å². The Hall–Kier alpha value is -4.73. The summed E-state index contributed by atoms with van der Waals surface area (Å²) in [5.41, 5.74) is 1.97. The highest BCUT2D eigenvalue weighted by molar-refractivity contribution is 6.22. The summed E-state index contributed by atoms with van der Waals surface area (Å²) in [6, 6.07) is 14.5. The highest BCUT2D eigenvalue weighted by atomic mass is 16.5. The molecule has 0 bridgehead atoms. The molecule has 0 spiro atoms. The van der Waals surface area contributed by atoms with Crippen LogP contribution < -0.4 is 4.74 Å². The molecule has 0 fully saturated rings. The summed E-state index contributed by atoms with van der Waals surface area (Å²) in [6.07, 6.45) is 2.61. The number of hydrazone groups is 1. The zero-order valence-electron chi connectivity index (χ0n) is 22.5. The molecule has 0 radical (unpaired) electrons. The van der Waals surface area contributed by atoms with Gasteiger partial charge in [-0.1, -0.05) is 13.8 Å². The Morgan fingerprint density at radius 2 is 1.80 bits per heavy atom. The van der Waals surface area contributed by atoms with Gasteiger partial charge in [0.1, 0.15) is 17.6 Å². The summed E-state index contributed by atoms with van der Waals surface area (Å²) in [5.74, 6) is -0.562. The van der Waals surface area contributed by atoms with Crippen molar-refractivity contribution in [1.82, 2.24) is 9.91 Å². The maximum absolute atomic E-state index is 13.2. The number of benzene rings is 2. The van der Waals surface area contributed by atoms with E-state index in [0.29, 0.717) is 42.5 Å². The van der Waals surface area contributed by atoms with Gasteiger partial charge in [0.25, 0.3) is 17.7 Å². The van der Waals surface area contributed by atoms with Crippen LogP contribution in [0.15, 0.2) is 70.4 Å². The molecule has 2 aliphatic heterocycles. The Labute approximate surface area is 231 Å². The zero-order valence-corrected chi connectivity index (χ0v) is 22.5. The van der Waals surface area contributed by atoms with Crippen LogP contribution in [0.1, 0.15) is 75.1 Å². The van der Waals surface area contributed by atoms with Gasteiger partial charge in [-0.25, -0.2) is 9.80 Å². The number of methoxy groups -OCH3 is 1. The number of imide groups is 1.